The number of benzene rings is 2. The van der Waals surface area contributed by atoms with Crippen LogP contribution < -0.4 is 0 Å². The van der Waals surface area contributed by atoms with Gasteiger partial charge in [-0.25, -0.2) is 4.79 Å². The monoisotopic (exact) mass is 594 g/mol. The molecule has 5 nitrogen and oxygen atoms in total. The zero-order valence-electron chi connectivity index (χ0n) is 24.5. The molecule has 2 aromatic rings. The van der Waals surface area contributed by atoms with Gasteiger partial charge in [0, 0.05) is 10.0 Å². The van der Waals surface area contributed by atoms with Crippen molar-refractivity contribution >= 4 is 33.5 Å². The highest BCUT2D eigenvalue weighted by Gasteiger charge is 2.53. The van der Waals surface area contributed by atoms with E-state index in [2.05, 4.69) is 55.4 Å². The molecule has 0 saturated heterocycles. The number of hydrogen-bond acceptors (Lipinski definition) is 4. The lowest BCUT2D eigenvalue weighted by molar-refractivity contribution is -0.134. The van der Waals surface area contributed by atoms with Gasteiger partial charge in [-0.2, -0.15) is 0 Å². The normalized spacial score (nSPS) is 24.3. The molecule has 1 saturated carbocycles. The van der Waals surface area contributed by atoms with Crippen molar-refractivity contribution in [3.05, 3.63) is 69.7 Å². The highest BCUT2D eigenvalue weighted by atomic mass is 79.9. The van der Waals surface area contributed by atoms with Crippen LogP contribution in [-0.2, 0) is 9.53 Å². The number of esters is 1. The first-order chi connectivity index (χ1) is 18.3. The Balaban J connectivity index is 1.80. The van der Waals surface area contributed by atoms with Crippen molar-refractivity contribution in [3.63, 3.8) is 0 Å². The number of amides is 1. The molecule has 2 unspecified atom stereocenters. The lowest BCUT2D eigenvalue weighted by Crippen LogP contribution is -2.52. The predicted molar refractivity (Wildman–Crippen MR) is 161 cm³/mol. The van der Waals surface area contributed by atoms with E-state index in [1.54, 1.807) is 0 Å². The van der Waals surface area contributed by atoms with Gasteiger partial charge in [0.15, 0.2) is 0 Å². The molecule has 1 spiro atoms. The van der Waals surface area contributed by atoms with Crippen LogP contribution in [0.3, 0.4) is 0 Å². The van der Waals surface area contributed by atoms with Gasteiger partial charge in [-0.3, -0.25) is 9.79 Å². The molecule has 2 aliphatic rings. The number of hydrogen-bond donors (Lipinski definition) is 0. The van der Waals surface area contributed by atoms with E-state index in [1.807, 2.05) is 62.4 Å². The number of carbonyl (C=O) groups excluding carboxylic acids is 2. The van der Waals surface area contributed by atoms with E-state index in [-0.39, 0.29) is 29.4 Å². The third kappa shape index (κ3) is 6.82. The van der Waals surface area contributed by atoms with Crippen LogP contribution in [0, 0.1) is 17.3 Å². The summed E-state index contributed by atoms with van der Waals surface area (Å²) in [5, 5.41) is 0. The van der Waals surface area contributed by atoms with E-state index in [0.717, 1.165) is 47.7 Å². The Bertz CT molecular complexity index is 1220. The Morgan fingerprint density at radius 2 is 1.74 bits per heavy atom. The molecule has 1 amide bonds. The third-order valence-corrected chi connectivity index (χ3v) is 8.29. The predicted octanol–water partition coefficient (Wildman–Crippen LogP) is 8.37. The molecule has 1 fully saturated rings. The van der Waals surface area contributed by atoms with Crippen LogP contribution in [0.4, 0.5) is 0 Å². The fourth-order valence-electron chi connectivity index (χ4n) is 6.35. The second kappa shape index (κ2) is 11.6. The molecule has 3 atom stereocenters. The average molecular weight is 596 g/mol. The fraction of sp³-hybridized carbons (Fsp3) is 0.545. The molecule has 210 valence electrons. The summed E-state index contributed by atoms with van der Waals surface area (Å²) >= 11 is 3.58. The molecule has 1 aliphatic heterocycles. The number of carbonyl (C=O) groups is 2. The Labute approximate surface area is 242 Å². The molecule has 1 aliphatic carbocycles. The summed E-state index contributed by atoms with van der Waals surface area (Å²) in [6.45, 7) is 15.0. The van der Waals surface area contributed by atoms with Crippen molar-refractivity contribution in [2.24, 2.45) is 22.2 Å². The fourth-order valence-corrected chi connectivity index (χ4v) is 6.75. The van der Waals surface area contributed by atoms with E-state index in [1.165, 1.54) is 0 Å². The van der Waals surface area contributed by atoms with E-state index < -0.39 is 5.66 Å². The molecule has 39 heavy (non-hydrogen) atoms. The Kier molecular flexibility index (Phi) is 8.75. The van der Waals surface area contributed by atoms with Crippen LogP contribution in [0.1, 0.15) is 108 Å². The standard InChI is InChI=1S/C33H43BrN2O3/c1-21(2)39-31(38)25-13-11-24(12-14-25)28(15-16-32(5,6)7)36-30(37)29(26-9-8-10-27(34)18-26)35-33(36)19-22(3)17-23(4)20-33/h8-14,18,21-23,28H,15-17,19-20H2,1-7H3/t22?,23?,28-,33?/m1/s1. The van der Waals surface area contributed by atoms with Crippen molar-refractivity contribution in [1.29, 1.82) is 0 Å². The van der Waals surface area contributed by atoms with Crippen LogP contribution in [0.2, 0.25) is 0 Å². The molecule has 0 aromatic heterocycles. The lowest BCUT2D eigenvalue weighted by atomic mass is 9.75. The Hall–Kier alpha value is -2.47. The van der Waals surface area contributed by atoms with Gasteiger partial charge >= 0.3 is 5.97 Å². The number of ether oxygens (including phenoxy) is 1. The van der Waals surface area contributed by atoms with Crippen LogP contribution in [0.5, 0.6) is 0 Å². The summed E-state index contributed by atoms with van der Waals surface area (Å²) in [6, 6.07) is 15.4. The van der Waals surface area contributed by atoms with Crippen LogP contribution >= 0.6 is 15.9 Å². The zero-order chi connectivity index (χ0) is 28.5. The number of halogens is 1. The van der Waals surface area contributed by atoms with E-state index in [9.17, 15) is 9.59 Å². The molecule has 4 rings (SSSR count). The zero-order valence-corrected chi connectivity index (χ0v) is 26.0. The summed E-state index contributed by atoms with van der Waals surface area (Å²) in [5.41, 5.74) is 2.49. The molecule has 0 N–H and O–H groups in total. The second-order valence-electron chi connectivity index (χ2n) is 13.2. The van der Waals surface area contributed by atoms with Gasteiger partial charge in [-0.05, 0) is 93.0 Å². The third-order valence-electron chi connectivity index (χ3n) is 7.80. The maximum absolute atomic E-state index is 14.4. The minimum atomic E-state index is -0.580. The minimum Gasteiger partial charge on any atom is -0.459 e. The van der Waals surface area contributed by atoms with Crippen molar-refractivity contribution in [2.45, 2.75) is 98.4 Å². The van der Waals surface area contributed by atoms with Gasteiger partial charge in [0.1, 0.15) is 11.4 Å². The van der Waals surface area contributed by atoms with Crippen molar-refractivity contribution in [1.82, 2.24) is 4.90 Å². The van der Waals surface area contributed by atoms with Crippen molar-refractivity contribution < 1.29 is 14.3 Å². The van der Waals surface area contributed by atoms with Crippen LogP contribution in [0.15, 0.2) is 58.0 Å². The van der Waals surface area contributed by atoms with Gasteiger partial charge in [0.25, 0.3) is 5.91 Å². The van der Waals surface area contributed by atoms with Gasteiger partial charge in [-0.15, -0.1) is 0 Å². The first-order valence-corrected chi connectivity index (χ1v) is 15.1. The van der Waals surface area contributed by atoms with Crippen LogP contribution in [0.25, 0.3) is 0 Å². The summed E-state index contributed by atoms with van der Waals surface area (Å²) < 4.78 is 6.34. The Morgan fingerprint density at radius 1 is 1.10 bits per heavy atom. The molecule has 0 radical (unpaired) electrons. The summed E-state index contributed by atoms with van der Waals surface area (Å²) in [6.07, 6.45) is 4.44. The first-order valence-electron chi connectivity index (χ1n) is 14.3. The maximum Gasteiger partial charge on any atom is 0.338 e. The Morgan fingerprint density at radius 3 is 2.31 bits per heavy atom. The summed E-state index contributed by atoms with van der Waals surface area (Å²) in [5.74, 6) is 0.598. The number of rotatable bonds is 7. The number of nitrogens with zero attached hydrogens (tertiary/aromatic N) is 2. The van der Waals surface area contributed by atoms with Gasteiger partial charge in [0.2, 0.25) is 0 Å². The van der Waals surface area contributed by atoms with Gasteiger partial charge in [0.05, 0.1) is 17.7 Å². The second-order valence-corrected chi connectivity index (χ2v) is 14.1. The molecule has 6 heteroatoms. The SMILES string of the molecule is CC1CC(C)CC2(C1)N=C(c1cccc(Br)c1)C(=O)N2[C@H](CCC(C)(C)C)c1ccc(C(=O)OC(C)C)cc1. The quantitative estimate of drug-likeness (QED) is 0.302. The van der Waals surface area contributed by atoms with Gasteiger partial charge < -0.3 is 9.64 Å². The minimum absolute atomic E-state index is 0.00315. The highest BCUT2D eigenvalue weighted by Crippen LogP contribution is 2.49. The van der Waals surface area contributed by atoms with Crippen LogP contribution in [-0.4, -0.2) is 34.3 Å². The smallest absolute Gasteiger partial charge is 0.338 e. The molecule has 0 bridgehead atoms. The number of aliphatic imine (C=N–C) groups is 1. The van der Waals surface area contributed by atoms with Gasteiger partial charge in [-0.1, -0.05) is 74.8 Å². The average Bonchev–Trinajstić information content (AvgIpc) is 3.09. The molecular weight excluding hydrogens is 552 g/mol. The lowest BCUT2D eigenvalue weighted by Gasteiger charge is -2.47. The van der Waals surface area contributed by atoms with E-state index in [4.69, 9.17) is 9.73 Å². The molecular formula is C33H43BrN2O3. The topological polar surface area (TPSA) is 59.0 Å². The summed E-state index contributed by atoms with van der Waals surface area (Å²) in [4.78, 5) is 34.4. The maximum atomic E-state index is 14.4. The molecule has 1 heterocycles. The van der Waals surface area contributed by atoms with E-state index in [0.29, 0.717) is 23.1 Å². The summed E-state index contributed by atoms with van der Waals surface area (Å²) in [7, 11) is 0. The first kappa shape index (κ1) is 29.5. The molecule has 2 aromatic carbocycles. The van der Waals surface area contributed by atoms with Crippen molar-refractivity contribution in [2.75, 3.05) is 0 Å². The van der Waals surface area contributed by atoms with E-state index >= 15 is 0 Å². The highest BCUT2D eigenvalue weighted by molar-refractivity contribution is 9.10. The van der Waals surface area contributed by atoms with Crippen molar-refractivity contribution in [3.8, 4) is 0 Å². The largest absolute Gasteiger partial charge is 0.459 e.